The molecule has 2 aromatic carbocycles. The molecule has 0 bridgehead atoms. The number of amides is 1. The summed E-state index contributed by atoms with van der Waals surface area (Å²) < 4.78 is 0. The first kappa shape index (κ1) is 17.2. The quantitative estimate of drug-likeness (QED) is 0.714. The Balaban J connectivity index is 1.52. The van der Waals surface area contributed by atoms with Crippen molar-refractivity contribution in [2.24, 2.45) is 0 Å². The average Bonchev–Trinajstić information content (AvgIpc) is 2.93. The lowest BCUT2D eigenvalue weighted by molar-refractivity contribution is -0.121. The Morgan fingerprint density at radius 2 is 1.92 bits per heavy atom. The summed E-state index contributed by atoms with van der Waals surface area (Å²) in [4.78, 5) is 12.2. The monoisotopic (exact) mass is 335 g/mol. The molecule has 4 heteroatoms. The summed E-state index contributed by atoms with van der Waals surface area (Å²) in [5, 5.41) is 12.7. The van der Waals surface area contributed by atoms with Crippen LogP contribution in [0.25, 0.3) is 10.8 Å². The Labute approximate surface area is 148 Å². The lowest BCUT2D eigenvalue weighted by Gasteiger charge is -2.12. The zero-order valence-electron chi connectivity index (χ0n) is 15.1. The molecule has 1 aromatic heterocycles. The average molecular weight is 335 g/mol. The maximum Gasteiger partial charge on any atom is 0.220 e. The Hall–Kier alpha value is -2.62. The van der Waals surface area contributed by atoms with E-state index < -0.39 is 0 Å². The second-order valence-electron chi connectivity index (χ2n) is 6.73. The van der Waals surface area contributed by atoms with Crippen LogP contribution in [0.4, 0.5) is 0 Å². The fraction of sp³-hybridized carbons (Fsp3) is 0.333. The van der Waals surface area contributed by atoms with Crippen molar-refractivity contribution in [3.05, 3.63) is 65.0 Å². The van der Waals surface area contributed by atoms with Crippen molar-refractivity contribution < 1.29 is 4.79 Å². The molecule has 0 aliphatic carbocycles. The number of fused-ring (bicyclic) bond motifs is 1. The van der Waals surface area contributed by atoms with Crippen molar-refractivity contribution in [1.82, 2.24) is 15.5 Å². The summed E-state index contributed by atoms with van der Waals surface area (Å²) >= 11 is 0. The maximum atomic E-state index is 12.2. The van der Waals surface area contributed by atoms with Crippen LogP contribution in [0.15, 0.2) is 42.5 Å². The summed E-state index contributed by atoms with van der Waals surface area (Å²) in [6, 6.07) is 14.8. The number of aryl methyl sites for hydroxylation is 2. The highest BCUT2D eigenvalue weighted by Gasteiger charge is 2.17. The van der Waals surface area contributed by atoms with Gasteiger partial charge >= 0.3 is 0 Å². The fourth-order valence-electron chi connectivity index (χ4n) is 3.48. The largest absolute Gasteiger partial charge is 0.356 e. The van der Waals surface area contributed by atoms with Gasteiger partial charge in [0.25, 0.3) is 0 Å². The van der Waals surface area contributed by atoms with Gasteiger partial charge in [-0.1, -0.05) is 49.4 Å². The normalized spacial score (nSPS) is 12.3. The maximum absolute atomic E-state index is 12.2. The molecule has 3 rings (SSSR count). The Kier molecular flexibility index (Phi) is 5.17. The van der Waals surface area contributed by atoms with E-state index in [0.29, 0.717) is 13.0 Å². The summed E-state index contributed by atoms with van der Waals surface area (Å²) in [6.45, 7) is 6.72. The second kappa shape index (κ2) is 7.51. The molecule has 0 unspecified atom stereocenters. The number of rotatable bonds is 6. The minimum atomic E-state index is 0.0910. The molecule has 1 amide bonds. The molecule has 1 heterocycles. The number of hydrogen-bond donors (Lipinski definition) is 2. The van der Waals surface area contributed by atoms with Gasteiger partial charge in [0.2, 0.25) is 5.91 Å². The van der Waals surface area contributed by atoms with Crippen LogP contribution in [-0.2, 0) is 11.2 Å². The first-order chi connectivity index (χ1) is 12.0. The van der Waals surface area contributed by atoms with E-state index in [1.165, 1.54) is 16.3 Å². The van der Waals surface area contributed by atoms with Crippen LogP contribution in [0.3, 0.4) is 0 Å². The lowest BCUT2D eigenvalue weighted by Crippen LogP contribution is -2.26. The number of nitrogens with one attached hydrogen (secondary N) is 2. The Morgan fingerprint density at radius 1 is 1.16 bits per heavy atom. The van der Waals surface area contributed by atoms with E-state index >= 15 is 0 Å². The summed E-state index contributed by atoms with van der Waals surface area (Å²) in [7, 11) is 0. The van der Waals surface area contributed by atoms with Gasteiger partial charge < -0.3 is 5.32 Å². The predicted molar refractivity (Wildman–Crippen MR) is 102 cm³/mol. The van der Waals surface area contributed by atoms with E-state index in [0.717, 1.165) is 23.4 Å². The third-order valence-corrected chi connectivity index (χ3v) is 4.72. The number of benzene rings is 2. The summed E-state index contributed by atoms with van der Waals surface area (Å²) in [5.74, 6) is 0.257. The molecule has 3 aromatic rings. The molecule has 0 saturated heterocycles. The summed E-state index contributed by atoms with van der Waals surface area (Å²) in [6.07, 6.45) is 1.33. The molecule has 0 aliphatic heterocycles. The van der Waals surface area contributed by atoms with Crippen LogP contribution in [0.5, 0.6) is 0 Å². The highest BCUT2D eigenvalue weighted by Crippen LogP contribution is 2.24. The third kappa shape index (κ3) is 4.08. The molecule has 4 nitrogen and oxygen atoms in total. The van der Waals surface area contributed by atoms with Crippen LogP contribution in [-0.4, -0.2) is 22.6 Å². The van der Waals surface area contributed by atoms with E-state index in [2.05, 4.69) is 58.8 Å². The van der Waals surface area contributed by atoms with Gasteiger partial charge in [0.1, 0.15) is 0 Å². The topological polar surface area (TPSA) is 57.8 Å². The summed E-state index contributed by atoms with van der Waals surface area (Å²) in [5.41, 5.74) is 4.43. The standard InChI is InChI=1S/C21H25N3O/c1-14(21-15(2)23-24-16(21)3)12-20(25)22-11-10-17-8-9-18-6-4-5-7-19(18)13-17/h4-9,13-14H,10-12H2,1-3H3,(H,22,25)(H,23,24)/t14-/m0/s1. The zero-order valence-corrected chi connectivity index (χ0v) is 15.1. The van der Waals surface area contributed by atoms with Gasteiger partial charge in [-0.25, -0.2) is 0 Å². The smallest absolute Gasteiger partial charge is 0.220 e. The highest BCUT2D eigenvalue weighted by atomic mass is 16.1. The van der Waals surface area contributed by atoms with E-state index in [1.807, 2.05) is 19.9 Å². The number of carbonyl (C=O) groups excluding carboxylic acids is 1. The Bertz CT molecular complexity index is 862. The molecule has 0 fully saturated rings. The van der Waals surface area contributed by atoms with Crippen LogP contribution in [0, 0.1) is 13.8 Å². The SMILES string of the molecule is Cc1n[nH]c(C)c1[C@@H](C)CC(=O)NCCc1ccc2ccccc2c1. The molecule has 25 heavy (non-hydrogen) atoms. The third-order valence-electron chi connectivity index (χ3n) is 4.72. The van der Waals surface area contributed by atoms with Crippen molar-refractivity contribution in [3.63, 3.8) is 0 Å². The van der Waals surface area contributed by atoms with E-state index in [-0.39, 0.29) is 11.8 Å². The van der Waals surface area contributed by atoms with Gasteiger partial charge in [-0.15, -0.1) is 0 Å². The second-order valence-corrected chi connectivity index (χ2v) is 6.73. The number of nitrogens with zero attached hydrogens (tertiary/aromatic N) is 1. The number of hydrogen-bond acceptors (Lipinski definition) is 2. The first-order valence-corrected chi connectivity index (χ1v) is 8.80. The Morgan fingerprint density at radius 3 is 2.64 bits per heavy atom. The number of aromatic nitrogens is 2. The van der Waals surface area contributed by atoms with Crippen molar-refractivity contribution >= 4 is 16.7 Å². The number of aromatic amines is 1. The zero-order chi connectivity index (χ0) is 17.8. The molecular formula is C21H25N3O. The van der Waals surface area contributed by atoms with Gasteiger partial charge in [0, 0.05) is 18.7 Å². The van der Waals surface area contributed by atoms with Crippen LogP contribution < -0.4 is 5.32 Å². The van der Waals surface area contributed by atoms with Crippen LogP contribution in [0.2, 0.25) is 0 Å². The van der Waals surface area contributed by atoms with E-state index in [4.69, 9.17) is 0 Å². The molecule has 0 spiro atoms. The molecule has 0 aliphatic rings. The van der Waals surface area contributed by atoms with Gasteiger partial charge in [-0.3, -0.25) is 9.89 Å². The van der Waals surface area contributed by atoms with Crippen molar-refractivity contribution in [2.75, 3.05) is 6.54 Å². The minimum Gasteiger partial charge on any atom is -0.356 e. The van der Waals surface area contributed by atoms with E-state index in [1.54, 1.807) is 0 Å². The number of H-pyrrole nitrogens is 1. The van der Waals surface area contributed by atoms with Gasteiger partial charge in [-0.2, -0.15) is 5.10 Å². The van der Waals surface area contributed by atoms with Crippen molar-refractivity contribution in [2.45, 2.75) is 39.5 Å². The van der Waals surface area contributed by atoms with Gasteiger partial charge in [0.15, 0.2) is 0 Å². The van der Waals surface area contributed by atoms with E-state index in [9.17, 15) is 4.79 Å². The fourth-order valence-corrected chi connectivity index (χ4v) is 3.48. The minimum absolute atomic E-state index is 0.0910. The predicted octanol–water partition coefficient (Wildman–Crippen LogP) is 4.03. The molecule has 1 atom stereocenters. The highest BCUT2D eigenvalue weighted by molar-refractivity contribution is 5.83. The first-order valence-electron chi connectivity index (χ1n) is 8.80. The lowest BCUT2D eigenvalue weighted by atomic mass is 9.95. The molecule has 0 radical (unpaired) electrons. The molecular weight excluding hydrogens is 310 g/mol. The number of carbonyl (C=O) groups is 1. The van der Waals surface area contributed by atoms with Crippen LogP contribution >= 0.6 is 0 Å². The molecule has 0 saturated carbocycles. The van der Waals surface area contributed by atoms with Gasteiger partial charge in [-0.05, 0) is 48.1 Å². The molecule has 130 valence electrons. The van der Waals surface area contributed by atoms with Gasteiger partial charge in [0.05, 0.1) is 5.69 Å². The van der Waals surface area contributed by atoms with Crippen molar-refractivity contribution in [1.29, 1.82) is 0 Å². The van der Waals surface area contributed by atoms with Crippen LogP contribution in [0.1, 0.15) is 41.8 Å². The van der Waals surface area contributed by atoms with Crippen molar-refractivity contribution in [3.8, 4) is 0 Å². The molecule has 2 N–H and O–H groups in total.